The molecule has 0 radical (unpaired) electrons. The molecule has 24 heavy (non-hydrogen) atoms. The highest BCUT2D eigenvalue weighted by Crippen LogP contribution is 2.25. The van der Waals surface area contributed by atoms with Crippen molar-refractivity contribution in [3.63, 3.8) is 0 Å². The molecule has 0 atom stereocenters. The number of aliphatic imine (C=N–C) groups is 1. The van der Waals surface area contributed by atoms with Crippen LogP contribution in [0.2, 0.25) is 5.02 Å². The van der Waals surface area contributed by atoms with Gasteiger partial charge in [0.2, 0.25) is 0 Å². The molecule has 0 aliphatic carbocycles. The number of sulfonamides is 1. The van der Waals surface area contributed by atoms with Gasteiger partial charge in [-0.3, -0.25) is 14.6 Å². The van der Waals surface area contributed by atoms with Crippen LogP contribution in [0.25, 0.3) is 0 Å². The van der Waals surface area contributed by atoms with Crippen molar-refractivity contribution in [2.75, 3.05) is 39.4 Å². The molecule has 9 heteroatoms. The maximum atomic E-state index is 12.3. The van der Waals surface area contributed by atoms with Gasteiger partial charge in [-0.25, -0.2) is 8.42 Å². The number of nitrogens with one attached hydrogen (secondary N) is 1. The molecule has 6 nitrogen and oxygen atoms in total. The predicted molar refractivity (Wildman–Crippen MR) is 97.0 cm³/mol. The van der Waals surface area contributed by atoms with E-state index >= 15 is 0 Å². The Morgan fingerprint density at radius 2 is 2.00 bits per heavy atom. The lowest BCUT2D eigenvalue weighted by atomic mass is 10.4. The van der Waals surface area contributed by atoms with E-state index in [0.29, 0.717) is 16.7 Å². The van der Waals surface area contributed by atoms with Crippen LogP contribution >= 0.6 is 23.4 Å². The molecule has 1 N–H and O–H groups in total. The van der Waals surface area contributed by atoms with E-state index in [1.807, 2.05) is 0 Å². The molecular formula is C15H18ClN3O3S2. The molecule has 0 amide bonds. The largest absolute Gasteiger partial charge is 0.379 e. The molecule has 2 aliphatic heterocycles. The summed E-state index contributed by atoms with van der Waals surface area (Å²) >= 11 is 7.15. The first-order chi connectivity index (χ1) is 11.5. The number of hydrogen-bond acceptors (Lipinski definition) is 6. The molecule has 0 unspecified atom stereocenters. The van der Waals surface area contributed by atoms with E-state index in [0.717, 1.165) is 37.8 Å². The Kier molecular flexibility index (Phi) is 5.83. The molecule has 0 spiro atoms. The summed E-state index contributed by atoms with van der Waals surface area (Å²) in [5.41, 5.74) is 0. The van der Waals surface area contributed by atoms with Crippen LogP contribution in [0, 0.1) is 0 Å². The van der Waals surface area contributed by atoms with Gasteiger partial charge in [-0.05, 0) is 24.3 Å². The smallest absolute Gasteiger partial charge is 0.263 e. The zero-order valence-corrected chi connectivity index (χ0v) is 15.3. The SMILES string of the molecule is O=S(=O)(NC1=NC/C(=C/CN2CCOCC2)S1)c1ccc(Cl)cc1. The second-order valence-corrected chi connectivity index (χ2v) is 8.60. The number of amidine groups is 1. The molecule has 0 aromatic heterocycles. The van der Waals surface area contributed by atoms with E-state index in [-0.39, 0.29) is 4.90 Å². The Balaban J connectivity index is 1.56. The van der Waals surface area contributed by atoms with Gasteiger partial charge >= 0.3 is 0 Å². The van der Waals surface area contributed by atoms with Crippen LogP contribution in [0.1, 0.15) is 0 Å². The fourth-order valence-electron chi connectivity index (χ4n) is 2.30. The van der Waals surface area contributed by atoms with Crippen molar-refractivity contribution in [1.82, 2.24) is 9.62 Å². The van der Waals surface area contributed by atoms with Crippen molar-refractivity contribution >= 4 is 38.6 Å². The number of hydrogen-bond donors (Lipinski definition) is 1. The molecule has 1 aromatic carbocycles. The predicted octanol–water partition coefficient (Wildman–Crippen LogP) is 1.94. The van der Waals surface area contributed by atoms with Gasteiger partial charge in [-0.2, -0.15) is 0 Å². The van der Waals surface area contributed by atoms with E-state index in [1.54, 1.807) is 12.1 Å². The van der Waals surface area contributed by atoms with Crippen LogP contribution in [0.5, 0.6) is 0 Å². The first kappa shape index (κ1) is 17.8. The monoisotopic (exact) mass is 387 g/mol. The highest BCUT2D eigenvalue weighted by Gasteiger charge is 2.21. The van der Waals surface area contributed by atoms with Crippen LogP contribution in [0.4, 0.5) is 0 Å². The third-order valence-electron chi connectivity index (χ3n) is 3.63. The molecule has 3 rings (SSSR count). The van der Waals surface area contributed by atoms with Crippen LogP contribution in [0.15, 0.2) is 45.1 Å². The molecule has 1 fully saturated rings. The summed E-state index contributed by atoms with van der Waals surface area (Å²) in [5.74, 6) is 0. The van der Waals surface area contributed by atoms with E-state index < -0.39 is 10.0 Å². The summed E-state index contributed by atoms with van der Waals surface area (Å²) < 4.78 is 32.5. The Morgan fingerprint density at radius 1 is 1.29 bits per heavy atom. The topological polar surface area (TPSA) is 71.0 Å². The third kappa shape index (κ3) is 4.73. The lowest BCUT2D eigenvalue weighted by Gasteiger charge is -2.25. The highest BCUT2D eigenvalue weighted by atomic mass is 35.5. The van der Waals surface area contributed by atoms with Gasteiger partial charge in [-0.15, -0.1) is 0 Å². The van der Waals surface area contributed by atoms with Gasteiger partial charge in [-0.1, -0.05) is 29.4 Å². The van der Waals surface area contributed by atoms with Crippen molar-refractivity contribution in [2.24, 2.45) is 4.99 Å². The average molecular weight is 388 g/mol. The van der Waals surface area contributed by atoms with E-state index in [1.165, 1.54) is 23.9 Å². The Labute approximate surface area is 151 Å². The molecular weight excluding hydrogens is 370 g/mol. The van der Waals surface area contributed by atoms with E-state index in [4.69, 9.17) is 16.3 Å². The molecule has 2 heterocycles. The Bertz CT molecular complexity index is 742. The van der Waals surface area contributed by atoms with Crippen molar-refractivity contribution in [1.29, 1.82) is 0 Å². The minimum Gasteiger partial charge on any atom is -0.379 e. The number of benzene rings is 1. The number of ether oxygens (including phenoxy) is 1. The lowest BCUT2D eigenvalue weighted by molar-refractivity contribution is 0.0434. The maximum absolute atomic E-state index is 12.3. The summed E-state index contributed by atoms with van der Waals surface area (Å²) in [4.78, 5) is 7.78. The Hall–Kier alpha value is -1.06. The van der Waals surface area contributed by atoms with Crippen molar-refractivity contribution in [2.45, 2.75) is 4.90 Å². The minimum absolute atomic E-state index is 0.168. The molecule has 1 saturated heterocycles. The summed E-state index contributed by atoms with van der Waals surface area (Å²) in [5, 5.41) is 0.896. The summed E-state index contributed by atoms with van der Waals surface area (Å²) in [6.45, 7) is 4.71. The summed E-state index contributed by atoms with van der Waals surface area (Å²) in [7, 11) is -3.63. The minimum atomic E-state index is -3.63. The third-order valence-corrected chi connectivity index (χ3v) is 6.35. The van der Waals surface area contributed by atoms with Gasteiger partial charge in [0.15, 0.2) is 5.17 Å². The number of halogens is 1. The zero-order chi connectivity index (χ0) is 17.0. The average Bonchev–Trinajstić information content (AvgIpc) is 3.01. The summed E-state index contributed by atoms with van der Waals surface area (Å²) in [6, 6.07) is 6.04. The molecule has 0 saturated carbocycles. The fraction of sp³-hybridized carbons (Fsp3) is 0.400. The second kappa shape index (κ2) is 7.88. The number of morpholine rings is 1. The van der Waals surface area contributed by atoms with E-state index in [9.17, 15) is 8.42 Å². The molecule has 2 aliphatic rings. The second-order valence-electron chi connectivity index (χ2n) is 5.37. The van der Waals surface area contributed by atoms with Gasteiger partial charge < -0.3 is 4.74 Å². The normalized spacial score (nSPS) is 21.0. The highest BCUT2D eigenvalue weighted by molar-refractivity contribution is 8.18. The van der Waals surface area contributed by atoms with Gasteiger partial charge in [0, 0.05) is 29.6 Å². The van der Waals surface area contributed by atoms with Gasteiger partial charge in [0.05, 0.1) is 24.7 Å². The van der Waals surface area contributed by atoms with Crippen LogP contribution in [-0.2, 0) is 14.8 Å². The molecule has 130 valence electrons. The fourth-order valence-corrected chi connectivity index (χ4v) is 4.49. The summed E-state index contributed by atoms with van der Waals surface area (Å²) in [6.07, 6.45) is 2.10. The van der Waals surface area contributed by atoms with Crippen LogP contribution in [0.3, 0.4) is 0 Å². The lowest BCUT2D eigenvalue weighted by Crippen LogP contribution is -2.36. The Morgan fingerprint density at radius 3 is 2.71 bits per heavy atom. The first-order valence-corrected chi connectivity index (χ1v) is 10.2. The van der Waals surface area contributed by atoms with Crippen LogP contribution in [-0.4, -0.2) is 57.9 Å². The molecule has 0 bridgehead atoms. The van der Waals surface area contributed by atoms with Crippen molar-refractivity contribution in [3.05, 3.63) is 40.3 Å². The van der Waals surface area contributed by atoms with Crippen LogP contribution < -0.4 is 4.72 Å². The molecule has 1 aromatic rings. The maximum Gasteiger partial charge on any atom is 0.263 e. The van der Waals surface area contributed by atoms with Gasteiger partial charge in [0.25, 0.3) is 10.0 Å². The van der Waals surface area contributed by atoms with Gasteiger partial charge in [0.1, 0.15) is 0 Å². The first-order valence-electron chi connectivity index (χ1n) is 7.53. The number of rotatable bonds is 4. The van der Waals surface area contributed by atoms with Crippen molar-refractivity contribution in [3.8, 4) is 0 Å². The standard InChI is InChI=1S/C15H18ClN3O3S2/c16-12-1-3-14(4-2-12)24(20,21)18-15-17-11-13(23-15)5-6-19-7-9-22-10-8-19/h1-5H,6-11H2,(H,17,18)/b13-5-. The van der Waals surface area contributed by atoms with Crippen molar-refractivity contribution < 1.29 is 13.2 Å². The quantitative estimate of drug-likeness (QED) is 0.854. The number of nitrogens with zero attached hydrogens (tertiary/aromatic N) is 2. The zero-order valence-electron chi connectivity index (χ0n) is 12.9. The number of thioether (sulfide) groups is 1. The van der Waals surface area contributed by atoms with E-state index in [2.05, 4.69) is 20.7 Å².